The van der Waals surface area contributed by atoms with Crippen LogP contribution in [-0.4, -0.2) is 17.9 Å². The first-order chi connectivity index (χ1) is 14.9. The van der Waals surface area contributed by atoms with E-state index in [0.29, 0.717) is 23.5 Å². The standard InChI is InChI=1S/C24H23F2N3O2/c1-16(13-23(30)28-21-11-9-20(26)10-12-21)27-15-17-3-2-4-22(14-17)29-24(31)18-5-7-19(25)8-6-18/h2-12,14,16,27H,13,15H2,1H3,(H,28,30)(H,29,31). The molecule has 2 amide bonds. The summed E-state index contributed by atoms with van der Waals surface area (Å²) in [6.07, 6.45) is 0.248. The van der Waals surface area contributed by atoms with Crippen LogP contribution in [0.2, 0.25) is 0 Å². The summed E-state index contributed by atoms with van der Waals surface area (Å²) < 4.78 is 25.9. The third kappa shape index (κ3) is 7.01. The second-order valence-electron chi connectivity index (χ2n) is 7.20. The van der Waals surface area contributed by atoms with E-state index in [1.807, 2.05) is 25.1 Å². The maximum Gasteiger partial charge on any atom is 0.255 e. The van der Waals surface area contributed by atoms with Crippen LogP contribution in [-0.2, 0) is 11.3 Å². The van der Waals surface area contributed by atoms with Crippen molar-refractivity contribution in [1.82, 2.24) is 5.32 Å². The van der Waals surface area contributed by atoms with E-state index in [2.05, 4.69) is 16.0 Å². The Morgan fingerprint density at radius 3 is 2.16 bits per heavy atom. The van der Waals surface area contributed by atoms with Gasteiger partial charge in [0.25, 0.3) is 5.91 Å². The zero-order valence-corrected chi connectivity index (χ0v) is 17.0. The molecule has 3 aromatic rings. The van der Waals surface area contributed by atoms with Crippen molar-refractivity contribution in [3.8, 4) is 0 Å². The van der Waals surface area contributed by atoms with Crippen LogP contribution in [0.1, 0.15) is 29.3 Å². The zero-order chi connectivity index (χ0) is 22.2. The normalized spacial score (nSPS) is 11.6. The fourth-order valence-corrected chi connectivity index (χ4v) is 2.95. The summed E-state index contributed by atoms with van der Waals surface area (Å²) in [4.78, 5) is 24.4. The third-order valence-electron chi connectivity index (χ3n) is 4.57. The Balaban J connectivity index is 1.48. The number of carbonyl (C=O) groups excluding carboxylic acids is 2. The second kappa shape index (κ2) is 10.4. The summed E-state index contributed by atoms with van der Waals surface area (Å²) in [6.45, 7) is 2.40. The van der Waals surface area contributed by atoms with Gasteiger partial charge in [-0.15, -0.1) is 0 Å². The Hall–Kier alpha value is -3.58. The Morgan fingerprint density at radius 2 is 1.48 bits per heavy atom. The predicted octanol–water partition coefficient (Wildman–Crippen LogP) is 4.72. The number of anilines is 2. The monoisotopic (exact) mass is 423 g/mol. The van der Waals surface area contributed by atoms with E-state index in [1.165, 1.54) is 48.5 Å². The number of amides is 2. The Bertz CT molecular complexity index is 1040. The van der Waals surface area contributed by atoms with Crippen LogP contribution < -0.4 is 16.0 Å². The van der Waals surface area contributed by atoms with Gasteiger partial charge in [0.15, 0.2) is 0 Å². The van der Waals surface area contributed by atoms with E-state index in [1.54, 1.807) is 6.07 Å². The van der Waals surface area contributed by atoms with E-state index >= 15 is 0 Å². The molecule has 3 N–H and O–H groups in total. The van der Waals surface area contributed by atoms with E-state index in [0.717, 1.165) is 5.56 Å². The Kier molecular flexibility index (Phi) is 7.45. The van der Waals surface area contributed by atoms with Crippen LogP contribution in [0, 0.1) is 11.6 Å². The molecule has 160 valence electrons. The number of benzene rings is 3. The molecule has 5 nitrogen and oxygen atoms in total. The highest BCUT2D eigenvalue weighted by Gasteiger charge is 2.10. The molecule has 1 atom stereocenters. The molecule has 0 aliphatic carbocycles. The lowest BCUT2D eigenvalue weighted by Gasteiger charge is -2.14. The molecule has 0 bridgehead atoms. The molecule has 0 spiro atoms. The van der Waals surface area contributed by atoms with E-state index in [9.17, 15) is 18.4 Å². The minimum atomic E-state index is -0.398. The third-order valence-corrected chi connectivity index (χ3v) is 4.57. The first-order valence-corrected chi connectivity index (χ1v) is 9.84. The molecular formula is C24H23F2N3O2. The molecule has 31 heavy (non-hydrogen) atoms. The molecule has 1 unspecified atom stereocenters. The van der Waals surface area contributed by atoms with Crippen molar-refractivity contribution in [2.75, 3.05) is 10.6 Å². The van der Waals surface area contributed by atoms with Crippen molar-refractivity contribution >= 4 is 23.2 Å². The molecule has 0 saturated heterocycles. The van der Waals surface area contributed by atoms with Crippen molar-refractivity contribution in [2.45, 2.75) is 25.9 Å². The number of halogens is 2. The van der Waals surface area contributed by atoms with Crippen LogP contribution in [0.4, 0.5) is 20.2 Å². The molecule has 7 heteroatoms. The summed E-state index contributed by atoms with van der Waals surface area (Å²) in [5.74, 6) is -1.25. The van der Waals surface area contributed by atoms with Crippen molar-refractivity contribution in [1.29, 1.82) is 0 Å². The molecule has 0 aliphatic heterocycles. The molecule has 0 saturated carbocycles. The summed E-state index contributed by atoms with van der Waals surface area (Å²) in [6, 6.07) is 18.2. The average molecular weight is 423 g/mol. The summed E-state index contributed by atoms with van der Waals surface area (Å²) in [5, 5.41) is 8.79. The van der Waals surface area contributed by atoms with Crippen LogP contribution in [0.5, 0.6) is 0 Å². The molecule has 0 aliphatic rings. The van der Waals surface area contributed by atoms with Gasteiger partial charge in [0, 0.05) is 35.9 Å². The molecule has 0 heterocycles. The number of hydrogen-bond donors (Lipinski definition) is 3. The van der Waals surface area contributed by atoms with Gasteiger partial charge in [0.05, 0.1) is 0 Å². The van der Waals surface area contributed by atoms with Gasteiger partial charge in [-0.05, 0) is 73.2 Å². The number of nitrogens with one attached hydrogen (secondary N) is 3. The van der Waals surface area contributed by atoms with E-state index in [4.69, 9.17) is 0 Å². The molecule has 0 aromatic heterocycles. The summed E-state index contributed by atoms with van der Waals surface area (Å²) >= 11 is 0. The minimum absolute atomic E-state index is 0.0992. The Labute approximate surface area is 179 Å². The number of rotatable bonds is 8. The zero-order valence-electron chi connectivity index (χ0n) is 17.0. The fraction of sp³-hybridized carbons (Fsp3) is 0.167. The highest BCUT2D eigenvalue weighted by Crippen LogP contribution is 2.14. The maximum absolute atomic E-state index is 13.0. The van der Waals surface area contributed by atoms with Crippen molar-refractivity contribution < 1.29 is 18.4 Å². The SMILES string of the molecule is CC(CC(=O)Nc1ccc(F)cc1)NCc1cccc(NC(=O)c2ccc(F)cc2)c1. The molecule has 3 aromatic carbocycles. The van der Waals surface area contributed by atoms with Gasteiger partial charge in [-0.3, -0.25) is 9.59 Å². The highest BCUT2D eigenvalue weighted by atomic mass is 19.1. The van der Waals surface area contributed by atoms with Crippen LogP contribution in [0.3, 0.4) is 0 Å². The Morgan fingerprint density at radius 1 is 0.839 bits per heavy atom. The molecule has 0 fully saturated rings. The van der Waals surface area contributed by atoms with Crippen LogP contribution in [0.25, 0.3) is 0 Å². The van der Waals surface area contributed by atoms with E-state index < -0.39 is 5.82 Å². The molecule has 0 radical (unpaired) electrons. The fourth-order valence-electron chi connectivity index (χ4n) is 2.95. The molecule has 3 rings (SSSR count). The lowest BCUT2D eigenvalue weighted by molar-refractivity contribution is -0.116. The van der Waals surface area contributed by atoms with Gasteiger partial charge in [-0.2, -0.15) is 0 Å². The second-order valence-corrected chi connectivity index (χ2v) is 7.20. The summed E-state index contributed by atoms with van der Waals surface area (Å²) in [5.41, 5.74) is 2.46. The number of hydrogen-bond acceptors (Lipinski definition) is 3. The smallest absolute Gasteiger partial charge is 0.255 e. The summed E-state index contributed by atoms with van der Waals surface area (Å²) in [7, 11) is 0. The van der Waals surface area contributed by atoms with Crippen molar-refractivity contribution in [3.05, 3.63) is 95.6 Å². The quantitative estimate of drug-likeness (QED) is 0.491. The van der Waals surface area contributed by atoms with Crippen molar-refractivity contribution in [3.63, 3.8) is 0 Å². The number of carbonyl (C=O) groups is 2. The van der Waals surface area contributed by atoms with Crippen molar-refractivity contribution in [2.24, 2.45) is 0 Å². The van der Waals surface area contributed by atoms with E-state index in [-0.39, 0.29) is 30.1 Å². The minimum Gasteiger partial charge on any atom is -0.326 e. The maximum atomic E-state index is 13.0. The largest absolute Gasteiger partial charge is 0.326 e. The van der Waals surface area contributed by atoms with Gasteiger partial charge in [0.2, 0.25) is 5.91 Å². The van der Waals surface area contributed by atoms with Gasteiger partial charge >= 0.3 is 0 Å². The topological polar surface area (TPSA) is 70.2 Å². The van der Waals surface area contributed by atoms with Gasteiger partial charge < -0.3 is 16.0 Å². The van der Waals surface area contributed by atoms with Crippen LogP contribution in [0.15, 0.2) is 72.8 Å². The van der Waals surface area contributed by atoms with Gasteiger partial charge in [-0.25, -0.2) is 8.78 Å². The van der Waals surface area contributed by atoms with Gasteiger partial charge in [-0.1, -0.05) is 12.1 Å². The van der Waals surface area contributed by atoms with Gasteiger partial charge in [0.1, 0.15) is 11.6 Å². The first-order valence-electron chi connectivity index (χ1n) is 9.84. The molecular weight excluding hydrogens is 400 g/mol. The van der Waals surface area contributed by atoms with Crippen LogP contribution >= 0.6 is 0 Å². The average Bonchev–Trinajstić information content (AvgIpc) is 2.74. The first kappa shape index (κ1) is 22.1. The lowest BCUT2D eigenvalue weighted by atomic mass is 10.1. The lowest BCUT2D eigenvalue weighted by Crippen LogP contribution is -2.30. The predicted molar refractivity (Wildman–Crippen MR) is 117 cm³/mol. The highest BCUT2D eigenvalue weighted by molar-refractivity contribution is 6.04.